The van der Waals surface area contributed by atoms with Crippen molar-refractivity contribution in [1.29, 1.82) is 0 Å². The summed E-state index contributed by atoms with van der Waals surface area (Å²) >= 11 is 6.44. The molecule has 1 atom stereocenters. The zero-order chi connectivity index (χ0) is 18.9. The van der Waals surface area contributed by atoms with Crippen LogP contribution in [0.25, 0.3) is 16.8 Å². The number of fused-ring (bicyclic) bond motifs is 1. The van der Waals surface area contributed by atoms with Gasteiger partial charge in [-0.3, -0.25) is 0 Å². The van der Waals surface area contributed by atoms with Crippen LogP contribution in [-0.2, 0) is 0 Å². The molecule has 6 heteroatoms. The van der Waals surface area contributed by atoms with Crippen molar-refractivity contribution < 1.29 is 0 Å². The maximum Gasteiger partial charge on any atom is 0.248 e. The summed E-state index contributed by atoms with van der Waals surface area (Å²) in [5, 5.41) is 16.1. The molecule has 1 aromatic heterocycles. The number of hydrogen-bond acceptors (Lipinski definition) is 4. The number of aromatic nitrogens is 4. The van der Waals surface area contributed by atoms with Crippen LogP contribution in [0.15, 0.2) is 84.9 Å². The summed E-state index contributed by atoms with van der Waals surface area (Å²) < 4.78 is 1.74. The SMILES string of the molecule is Clc1ccccc1[C@@H]1C=C(c2ccc(-c3ccccc3)cc2)Nc2nnnn21. The van der Waals surface area contributed by atoms with Gasteiger partial charge in [0.15, 0.2) is 0 Å². The molecule has 1 aliphatic heterocycles. The highest BCUT2D eigenvalue weighted by Gasteiger charge is 2.25. The van der Waals surface area contributed by atoms with Crippen LogP contribution in [0.3, 0.4) is 0 Å². The first-order valence-corrected chi connectivity index (χ1v) is 9.34. The fraction of sp³-hybridized carbons (Fsp3) is 0.0455. The van der Waals surface area contributed by atoms with Gasteiger partial charge in [0, 0.05) is 10.7 Å². The van der Waals surface area contributed by atoms with E-state index < -0.39 is 0 Å². The lowest BCUT2D eigenvalue weighted by Gasteiger charge is -2.24. The number of halogens is 1. The third-order valence-corrected chi connectivity index (χ3v) is 5.20. The van der Waals surface area contributed by atoms with Gasteiger partial charge < -0.3 is 5.32 Å². The van der Waals surface area contributed by atoms with Gasteiger partial charge in [0.25, 0.3) is 0 Å². The number of rotatable bonds is 3. The fourth-order valence-corrected chi connectivity index (χ4v) is 3.68. The van der Waals surface area contributed by atoms with E-state index in [-0.39, 0.29) is 6.04 Å². The first-order valence-electron chi connectivity index (χ1n) is 8.96. The summed E-state index contributed by atoms with van der Waals surface area (Å²) in [5.74, 6) is 0.592. The quantitative estimate of drug-likeness (QED) is 0.536. The van der Waals surface area contributed by atoms with Crippen molar-refractivity contribution >= 4 is 23.2 Å². The van der Waals surface area contributed by atoms with Gasteiger partial charge in [-0.15, -0.1) is 0 Å². The van der Waals surface area contributed by atoms with E-state index in [0.717, 1.165) is 16.8 Å². The van der Waals surface area contributed by atoms with Gasteiger partial charge in [0.2, 0.25) is 5.95 Å². The van der Waals surface area contributed by atoms with E-state index in [4.69, 9.17) is 11.6 Å². The van der Waals surface area contributed by atoms with Crippen molar-refractivity contribution in [3.05, 3.63) is 101 Å². The molecular weight excluding hydrogens is 370 g/mol. The van der Waals surface area contributed by atoms with Gasteiger partial charge in [-0.05, 0) is 44.8 Å². The lowest BCUT2D eigenvalue weighted by atomic mass is 9.99. The molecule has 0 fully saturated rings. The van der Waals surface area contributed by atoms with E-state index in [1.165, 1.54) is 11.1 Å². The number of tetrazole rings is 1. The van der Waals surface area contributed by atoms with Crippen LogP contribution in [0.5, 0.6) is 0 Å². The molecule has 0 spiro atoms. The minimum atomic E-state index is -0.177. The Morgan fingerprint density at radius 1 is 0.786 bits per heavy atom. The lowest BCUT2D eigenvalue weighted by Crippen LogP contribution is -2.20. The van der Waals surface area contributed by atoms with E-state index in [1.54, 1.807) is 4.68 Å². The number of anilines is 1. The molecule has 1 aliphatic rings. The standard InChI is InChI=1S/C22H16ClN5/c23-19-9-5-4-8-18(19)21-14-20(24-22-25-26-27-28(21)22)17-12-10-16(11-13-17)15-6-2-1-3-7-15/h1-14,21H,(H,24,25,27)/t21-/m0/s1. The van der Waals surface area contributed by atoms with Crippen LogP contribution >= 0.6 is 11.6 Å². The Bertz CT molecular complexity index is 1150. The van der Waals surface area contributed by atoms with Crippen LogP contribution in [0, 0.1) is 0 Å². The topological polar surface area (TPSA) is 55.6 Å². The van der Waals surface area contributed by atoms with Gasteiger partial charge in [-0.1, -0.05) is 89.5 Å². The summed E-state index contributed by atoms with van der Waals surface area (Å²) in [4.78, 5) is 0. The van der Waals surface area contributed by atoms with Crippen LogP contribution in [0.1, 0.15) is 17.2 Å². The first-order chi connectivity index (χ1) is 13.8. The second kappa shape index (κ2) is 6.94. The van der Waals surface area contributed by atoms with E-state index in [1.807, 2.05) is 42.5 Å². The van der Waals surface area contributed by atoms with Gasteiger partial charge in [-0.2, -0.15) is 4.68 Å². The molecule has 3 aromatic carbocycles. The summed E-state index contributed by atoms with van der Waals surface area (Å²) in [6, 6.07) is 26.3. The number of nitrogens with zero attached hydrogens (tertiary/aromatic N) is 4. The number of allylic oxidation sites excluding steroid dienone is 1. The molecule has 0 aliphatic carbocycles. The highest BCUT2D eigenvalue weighted by Crippen LogP contribution is 2.35. The Morgan fingerprint density at radius 3 is 2.25 bits per heavy atom. The van der Waals surface area contributed by atoms with Crippen LogP contribution < -0.4 is 5.32 Å². The molecule has 0 bridgehead atoms. The Morgan fingerprint density at radius 2 is 1.46 bits per heavy atom. The molecule has 28 heavy (non-hydrogen) atoms. The summed E-state index contributed by atoms with van der Waals surface area (Å²) in [6.45, 7) is 0. The minimum absolute atomic E-state index is 0.177. The number of hydrogen-bond donors (Lipinski definition) is 1. The molecule has 5 nitrogen and oxygen atoms in total. The third-order valence-electron chi connectivity index (χ3n) is 4.85. The van der Waals surface area contributed by atoms with Crippen molar-refractivity contribution in [3.8, 4) is 11.1 Å². The zero-order valence-corrected chi connectivity index (χ0v) is 15.6. The van der Waals surface area contributed by atoms with Crippen molar-refractivity contribution in [1.82, 2.24) is 20.2 Å². The normalized spacial score (nSPS) is 15.5. The molecule has 0 saturated carbocycles. The van der Waals surface area contributed by atoms with Gasteiger partial charge in [-0.25, -0.2) is 0 Å². The maximum atomic E-state index is 6.44. The molecule has 0 radical (unpaired) electrons. The van der Waals surface area contributed by atoms with E-state index in [2.05, 4.69) is 63.3 Å². The second-order valence-corrected chi connectivity index (χ2v) is 6.97. The van der Waals surface area contributed by atoms with Crippen molar-refractivity contribution in [3.63, 3.8) is 0 Å². The minimum Gasteiger partial charge on any atom is -0.323 e. The van der Waals surface area contributed by atoms with E-state index in [0.29, 0.717) is 11.0 Å². The molecule has 1 N–H and O–H groups in total. The zero-order valence-electron chi connectivity index (χ0n) is 14.8. The average Bonchev–Trinajstić information content (AvgIpc) is 3.23. The lowest BCUT2D eigenvalue weighted by molar-refractivity contribution is 0.586. The smallest absolute Gasteiger partial charge is 0.248 e. The third kappa shape index (κ3) is 2.96. The highest BCUT2D eigenvalue weighted by atomic mass is 35.5. The summed E-state index contributed by atoms with van der Waals surface area (Å²) in [6.07, 6.45) is 2.10. The predicted octanol–water partition coefficient (Wildman–Crippen LogP) is 5.05. The van der Waals surface area contributed by atoms with Crippen molar-refractivity contribution in [2.24, 2.45) is 0 Å². The Balaban J connectivity index is 1.54. The van der Waals surface area contributed by atoms with Crippen LogP contribution in [0.2, 0.25) is 5.02 Å². The molecule has 4 aromatic rings. The van der Waals surface area contributed by atoms with E-state index in [9.17, 15) is 0 Å². The largest absolute Gasteiger partial charge is 0.323 e. The first kappa shape index (κ1) is 16.7. The van der Waals surface area contributed by atoms with Crippen LogP contribution in [0.4, 0.5) is 5.95 Å². The van der Waals surface area contributed by atoms with Crippen molar-refractivity contribution in [2.75, 3.05) is 5.32 Å². The number of benzene rings is 3. The monoisotopic (exact) mass is 385 g/mol. The Kier molecular flexibility index (Phi) is 4.14. The van der Waals surface area contributed by atoms with E-state index >= 15 is 0 Å². The molecular formula is C22H16ClN5. The summed E-state index contributed by atoms with van der Waals surface area (Å²) in [7, 11) is 0. The summed E-state index contributed by atoms with van der Waals surface area (Å²) in [5.41, 5.74) is 5.33. The van der Waals surface area contributed by atoms with Gasteiger partial charge >= 0.3 is 0 Å². The average molecular weight is 386 g/mol. The van der Waals surface area contributed by atoms with Crippen molar-refractivity contribution in [2.45, 2.75) is 6.04 Å². The molecule has 0 unspecified atom stereocenters. The highest BCUT2D eigenvalue weighted by molar-refractivity contribution is 6.31. The number of nitrogens with one attached hydrogen (secondary N) is 1. The van der Waals surface area contributed by atoms with Gasteiger partial charge in [0.05, 0.1) is 0 Å². The Labute approximate surface area is 167 Å². The molecule has 2 heterocycles. The maximum absolute atomic E-state index is 6.44. The molecule has 136 valence electrons. The molecule has 0 saturated heterocycles. The Hall–Kier alpha value is -3.44. The molecule has 0 amide bonds. The second-order valence-electron chi connectivity index (χ2n) is 6.56. The van der Waals surface area contributed by atoms with Crippen LogP contribution in [-0.4, -0.2) is 20.2 Å². The van der Waals surface area contributed by atoms with Gasteiger partial charge in [0.1, 0.15) is 6.04 Å². The fourth-order valence-electron chi connectivity index (χ4n) is 3.43. The molecule has 5 rings (SSSR count). The predicted molar refractivity (Wildman–Crippen MR) is 111 cm³/mol.